The van der Waals surface area contributed by atoms with E-state index in [9.17, 15) is 9.18 Å². The number of ether oxygens (including phenoxy) is 1. The van der Waals surface area contributed by atoms with Gasteiger partial charge in [-0.15, -0.1) is 0 Å². The average Bonchev–Trinajstić information content (AvgIpc) is 3.39. The van der Waals surface area contributed by atoms with Crippen molar-refractivity contribution in [2.45, 2.75) is 51.0 Å². The van der Waals surface area contributed by atoms with E-state index in [0.717, 1.165) is 49.7 Å². The molecular formula is C23H23Cl2FO4. The van der Waals surface area contributed by atoms with Gasteiger partial charge in [-0.25, -0.2) is 4.39 Å². The van der Waals surface area contributed by atoms with Crippen LogP contribution in [0.2, 0.25) is 10.0 Å². The van der Waals surface area contributed by atoms with Crippen LogP contribution in [0, 0.1) is 11.7 Å². The van der Waals surface area contributed by atoms with Crippen LogP contribution in [0.25, 0.3) is 0 Å². The van der Waals surface area contributed by atoms with Crippen molar-refractivity contribution in [3.63, 3.8) is 0 Å². The number of rotatable bonds is 6. The zero-order valence-electron chi connectivity index (χ0n) is 16.4. The zero-order valence-corrected chi connectivity index (χ0v) is 17.9. The van der Waals surface area contributed by atoms with Crippen LogP contribution in [-0.4, -0.2) is 17.4 Å². The van der Waals surface area contributed by atoms with Gasteiger partial charge in [0.1, 0.15) is 18.2 Å². The summed E-state index contributed by atoms with van der Waals surface area (Å²) in [5.41, 5.74) is 2.07. The number of carboxylic acid groups (broad SMARTS) is 1. The maximum Gasteiger partial charge on any atom is 0.290 e. The van der Waals surface area contributed by atoms with Crippen molar-refractivity contribution in [1.82, 2.24) is 0 Å². The SMILES string of the molecule is O=C(c1cc(C2CC2)c(COc2cc(Cl)cc(Cl)c2)cc1F)C1CCCC1.O=CO. The second-order valence-electron chi connectivity index (χ2n) is 7.65. The van der Waals surface area contributed by atoms with Gasteiger partial charge >= 0.3 is 0 Å². The highest BCUT2D eigenvalue weighted by molar-refractivity contribution is 6.34. The fraction of sp³-hybridized carbons (Fsp3) is 0.391. The Morgan fingerprint density at radius 2 is 1.67 bits per heavy atom. The van der Waals surface area contributed by atoms with Crippen LogP contribution in [-0.2, 0) is 11.4 Å². The molecule has 2 saturated carbocycles. The number of carbonyl (C=O) groups excluding carboxylic acids is 1. The van der Waals surface area contributed by atoms with Crippen LogP contribution >= 0.6 is 23.2 Å². The first-order valence-electron chi connectivity index (χ1n) is 9.96. The Morgan fingerprint density at radius 1 is 1.07 bits per heavy atom. The fourth-order valence-electron chi connectivity index (χ4n) is 3.90. The summed E-state index contributed by atoms with van der Waals surface area (Å²) in [6, 6.07) is 8.24. The minimum Gasteiger partial charge on any atom is -0.489 e. The lowest BCUT2D eigenvalue weighted by Crippen LogP contribution is -2.14. The van der Waals surface area contributed by atoms with E-state index in [4.69, 9.17) is 37.8 Å². The summed E-state index contributed by atoms with van der Waals surface area (Å²) < 4.78 is 20.6. The van der Waals surface area contributed by atoms with Crippen molar-refractivity contribution in [3.05, 3.63) is 62.9 Å². The molecule has 2 fully saturated rings. The predicted octanol–water partition coefficient (Wildman–Crippen LogP) is 6.66. The molecule has 4 rings (SSSR count). The van der Waals surface area contributed by atoms with E-state index in [0.29, 0.717) is 21.7 Å². The van der Waals surface area contributed by atoms with Gasteiger partial charge in [0.15, 0.2) is 5.78 Å². The Labute approximate surface area is 184 Å². The maximum absolute atomic E-state index is 14.8. The summed E-state index contributed by atoms with van der Waals surface area (Å²) in [5.74, 6) is 0.422. The highest BCUT2D eigenvalue weighted by Gasteiger charge is 2.31. The molecule has 0 heterocycles. The second kappa shape index (κ2) is 10.3. The van der Waals surface area contributed by atoms with Crippen molar-refractivity contribution in [3.8, 4) is 5.75 Å². The molecule has 0 unspecified atom stereocenters. The monoisotopic (exact) mass is 452 g/mol. The van der Waals surface area contributed by atoms with E-state index in [1.54, 1.807) is 24.3 Å². The topological polar surface area (TPSA) is 63.6 Å². The third-order valence-electron chi connectivity index (χ3n) is 5.47. The van der Waals surface area contributed by atoms with Gasteiger partial charge in [-0.2, -0.15) is 0 Å². The molecule has 0 aromatic heterocycles. The van der Waals surface area contributed by atoms with Gasteiger partial charge in [0.2, 0.25) is 0 Å². The van der Waals surface area contributed by atoms with Gasteiger partial charge in [0, 0.05) is 16.0 Å². The molecule has 2 aliphatic rings. The average molecular weight is 453 g/mol. The Bertz CT molecular complexity index is 901. The first-order chi connectivity index (χ1) is 14.4. The predicted molar refractivity (Wildman–Crippen MR) is 114 cm³/mol. The van der Waals surface area contributed by atoms with Gasteiger partial charge < -0.3 is 9.84 Å². The molecule has 4 nitrogen and oxygen atoms in total. The minimum absolute atomic E-state index is 0.0257. The molecule has 0 spiro atoms. The summed E-state index contributed by atoms with van der Waals surface area (Å²) in [6.07, 6.45) is 6.00. The molecule has 0 amide bonds. The Morgan fingerprint density at radius 3 is 2.23 bits per heavy atom. The molecule has 0 radical (unpaired) electrons. The summed E-state index contributed by atoms with van der Waals surface area (Å²) in [5, 5.41) is 7.87. The minimum atomic E-state index is -0.445. The first kappa shape index (κ1) is 22.6. The molecule has 0 saturated heterocycles. The molecule has 7 heteroatoms. The van der Waals surface area contributed by atoms with Crippen LogP contribution in [0.15, 0.2) is 30.3 Å². The van der Waals surface area contributed by atoms with Crippen LogP contribution in [0.3, 0.4) is 0 Å². The molecule has 2 aliphatic carbocycles. The number of hydrogen-bond donors (Lipinski definition) is 1. The molecule has 160 valence electrons. The van der Waals surface area contributed by atoms with Crippen molar-refractivity contribution >= 4 is 35.5 Å². The molecule has 0 aliphatic heterocycles. The molecule has 2 aromatic rings. The number of benzene rings is 2. The highest BCUT2D eigenvalue weighted by Crippen LogP contribution is 2.43. The number of ketones is 1. The Hall–Kier alpha value is -2.11. The van der Waals surface area contributed by atoms with E-state index in [2.05, 4.69) is 0 Å². The zero-order chi connectivity index (χ0) is 21.7. The Kier molecular flexibility index (Phi) is 7.73. The highest BCUT2D eigenvalue weighted by atomic mass is 35.5. The van der Waals surface area contributed by atoms with Crippen molar-refractivity contribution in [1.29, 1.82) is 0 Å². The van der Waals surface area contributed by atoms with Gasteiger partial charge in [0.05, 0.1) is 5.56 Å². The summed E-state index contributed by atoms with van der Waals surface area (Å²) in [4.78, 5) is 21.1. The van der Waals surface area contributed by atoms with Crippen LogP contribution in [0.5, 0.6) is 5.75 Å². The summed E-state index contributed by atoms with van der Waals surface area (Å²) >= 11 is 12.0. The van der Waals surface area contributed by atoms with Crippen molar-refractivity contribution < 1.29 is 23.8 Å². The lowest BCUT2D eigenvalue weighted by atomic mass is 9.92. The van der Waals surface area contributed by atoms with Crippen molar-refractivity contribution in [2.24, 2.45) is 5.92 Å². The number of hydrogen-bond acceptors (Lipinski definition) is 3. The smallest absolute Gasteiger partial charge is 0.290 e. The molecule has 0 atom stereocenters. The van der Waals surface area contributed by atoms with Crippen LogP contribution in [0.1, 0.15) is 65.9 Å². The number of Topliss-reactive ketones (excluding diaryl/α,β-unsaturated/α-hetero) is 1. The molecule has 0 bridgehead atoms. The first-order valence-corrected chi connectivity index (χ1v) is 10.7. The van der Waals surface area contributed by atoms with Gasteiger partial charge in [0.25, 0.3) is 6.47 Å². The van der Waals surface area contributed by atoms with Crippen LogP contribution in [0.4, 0.5) is 4.39 Å². The summed E-state index contributed by atoms with van der Waals surface area (Å²) in [6.45, 7) is -0.0304. The van der Waals surface area contributed by atoms with E-state index in [-0.39, 0.29) is 30.3 Å². The number of carbonyl (C=O) groups is 2. The van der Waals surface area contributed by atoms with Crippen LogP contribution < -0.4 is 4.74 Å². The molecule has 2 aromatic carbocycles. The van der Waals surface area contributed by atoms with E-state index in [1.165, 1.54) is 6.07 Å². The largest absolute Gasteiger partial charge is 0.489 e. The van der Waals surface area contributed by atoms with E-state index in [1.807, 2.05) is 0 Å². The van der Waals surface area contributed by atoms with E-state index < -0.39 is 5.82 Å². The molecule has 1 N–H and O–H groups in total. The van der Waals surface area contributed by atoms with E-state index >= 15 is 0 Å². The fourth-order valence-corrected chi connectivity index (χ4v) is 4.41. The van der Waals surface area contributed by atoms with Gasteiger partial charge in [-0.3, -0.25) is 9.59 Å². The van der Waals surface area contributed by atoms with Gasteiger partial charge in [-0.05, 0) is 73.1 Å². The summed E-state index contributed by atoms with van der Waals surface area (Å²) in [7, 11) is 0. The quantitative estimate of drug-likeness (QED) is 0.392. The maximum atomic E-state index is 14.8. The number of halogens is 3. The third-order valence-corrected chi connectivity index (χ3v) is 5.90. The molecule has 30 heavy (non-hydrogen) atoms. The van der Waals surface area contributed by atoms with Crippen molar-refractivity contribution in [2.75, 3.05) is 0 Å². The molecular weight excluding hydrogens is 430 g/mol. The Balaban J connectivity index is 0.000000806. The lowest BCUT2D eigenvalue weighted by Gasteiger charge is -2.15. The normalized spacial score (nSPS) is 16.0. The lowest BCUT2D eigenvalue weighted by molar-refractivity contribution is -0.122. The second-order valence-corrected chi connectivity index (χ2v) is 8.52. The standard InChI is InChI=1S/C22H21Cl2FO2.CH2O2/c23-16-8-17(24)10-18(9-16)27-12-15-7-21(25)20(11-19(15)13-5-6-13)22(26)14-3-1-2-4-14;2-1-3/h7-11,13-14H,1-6,12H2;1H,(H,2,3). The third kappa shape index (κ3) is 5.73. The van der Waals surface area contributed by atoms with Gasteiger partial charge in [-0.1, -0.05) is 36.0 Å².